The molecule has 0 unspecified atom stereocenters. The van der Waals surface area contributed by atoms with Gasteiger partial charge < -0.3 is 9.32 Å². The minimum atomic E-state index is 0.855. The summed E-state index contributed by atoms with van der Waals surface area (Å²) in [6.07, 6.45) is 3.82. The van der Waals surface area contributed by atoms with E-state index in [4.69, 9.17) is 4.42 Å². The first-order valence-corrected chi connectivity index (χ1v) is 14.1. The second kappa shape index (κ2) is 10.1. The molecule has 0 N–H and O–H groups in total. The van der Waals surface area contributed by atoms with Crippen LogP contribution in [0.3, 0.4) is 0 Å². The Kier molecular flexibility index (Phi) is 5.79. The molecule has 8 aromatic rings. The third-order valence-electron chi connectivity index (χ3n) is 7.90. The zero-order chi connectivity index (χ0) is 27.9. The monoisotopic (exact) mass is 538 g/mol. The Bertz CT molecular complexity index is 2120. The third-order valence-corrected chi connectivity index (χ3v) is 7.90. The fourth-order valence-electron chi connectivity index (χ4n) is 5.96. The summed E-state index contributed by atoms with van der Waals surface area (Å²) < 4.78 is 6.46. The van der Waals surface area contributed by atoms with Gasteiger partial charge in [0.1, 0.15) is 11.2 Å². The zero-order valence-corrected chi connectivity index (χ0v) is 22.8. The number of anilines is 3. The standard InChI is InChI=1S/C39H26N2O/c1-3-11-27(12-4-1)29-15-9-17-32(23-29)41(33-18-10-16-30(24-33)28-13-5-2-6-14-28)39-35-26-40-22-21-31(35)25-37-38(39)34-19-7-8-20-36(34)42-37/h1-26H. The number of nitrogens with zero attached hydrogens (tertiary/aromatic N) is 2. The van der Waals surface area contributed by atoms with E-state index in [1.54, 1.807) is 0 Å². The van der Waals surface area contributed by atoms with Crippen molar-refractivity contribution in [1.82, 2.24) is 4.98 Å². The molecule has 6 aromatic carbocycles. The highest BCUT2D eigenvalue weighted by molar-refractivity contribution is 6.21. The van der Waals surface area contributed by atoms with Crippen LogP contribution in [0, 0.1) is 0 Å². The van der Waals surface area contributed by atoms with E-state index in [0.717, 1.165) is 60.9 Å². The lowest BCUT2D eigenvalue weighted by atomic mass is 9.99. The van der Waals surface area contributed by atoms with Crippen LogP contribution in [-0.4, -0.2) is 4.98 Å². The van der Waals surface area contributed by atoms with Crippen LogP contribution in [0.4, 0.5) is 17.1 Å². The summed E-state index contributed by atoms with van der Waals surface area (Å²) in [6, 6.07) is 51.1. The first-order valence-electron chi connectivity index (χ1n) is 14.1. The maximum atomic E-state index is 6.46. The van der Waals surface area contributed by atoms with Gasteiger partial charge in [0, 0.05) is 34.5 Å². The van der Waals surface area contributed by atoms with Crippen molar-refractivity contribution in [2.75, 3.05) is 4.90 Å². The molecule has 8 rings (SSSR count). The van der Waals surface area contributed by atoms with Gasteiger partial charge in [0.05, 0.1) is 11.1 Å². The van der Waals surface area contributed by atoms with Crippen molar-refractivity contribution < 1.29 is 4.42 Å². The molecular weight excluding hydrogens is 512 g/mol. The summed E-state index contributed by atoms with van der Waals surface area (Å²) in [5.41, 5.74) is 9.56. The van der Waals surface area contributed by atoms with E-state index in [0.29, 0.717) is 0 Å². The summed E-state index contributed by atoms with van der Waals surface area (Å²) in [7, 11) is 0. The molecule has 0 fully saturated rings. The molecule has 0 amide bonds. The molecule has 42 heavy (non-hydrogen) atoms. The van der Waals surface area contributed by atoms with Gasteiger partial charge in [0.15, 0.2) is 0 Å². The molecule has 0 radical (unpaired) electrons. The van der Waals surface area contributed by atoms with Crippen LogP contribution < -0.4 is 4.90 Å². The van der Waals surface area contributed by atoms with Crippen molar-refractivity contribution in [2.24, 2.45) is 0 Å². The quantitative estimate of drug-likeness (QED) is 0.218. The van der Waals surface area contributed by atoms with Crippen molar-refractivity contribution in [3.05, 3.63) is 158 Å². The second-order valence-corrected chi connectivity index (χ2v) is 10.5. The van der Waals surface area contributed by atoms with Crippen LogP contribution in [0.15, 0.2) is 162 Å². The van der Waals surface area contributed by atoms with Crippen molar-refractivity contribution in [1.29, 1.82) is 0 Å². The molecule has 3 heteroatoms. The van der Waals surface area contributed by atoms with Gasteiger partial charge >= 0.3 is 0 Å². The van der Waals surface area contributed by atoms with Crippen LogP contribution in [0.2, 0.25) is 0 Å². The molecule has 0 atom stereocenters. The summed E-state index contributed by atoms with van der Waals surface area (Å²) in [6.45, 7) is 0. The first kappa shape index (κ1) is 24.2. The maximum absolute atomic E-state index is 6.46. The van der Waals surface area contributed by atoms with E-state index in [2.05, 4.69) is 143 Å². The molecular formula is C39H26N2O. The van der Waals surface area contributed by atoms with Gasteiger partial charge in [-0.05, 0) is 70.1 Å². The molecule has 198 valence electrons. The van der Waals surface area contributed by atoms with Gasteiger partial charge in [0.2, 0.25) is 0 Å². The normalized spacial score (nSPS) is 11.3. The summed E-state index contributed by atoms with van der Waals surface area (Å²) in [5, 5.41) is 4.29. The van der Waals surface area contributed by atoms with Crippen molar-refractivity contribution >= 4 is 49.8 Å². The Balaban J connectivity index is 1.47. The summed E-state index contributed by atoms with van der Waals surface area (Å²) in [5.74, 6) is 0. The second-order valence-electron chi connectivity index (χ2n) is 10.5. The van der Waals surface area contributed by atoms with Gasteiger partial charge in [-0.25, -0.2) is 0 Å². The zero-order valence-electron chi connectivity index (χ0n) is 22.8. The predicted octanol–water partition coefficient (Wildman–Crippen LogP) is 10.9. The van der Waals surface area contributed by atoms with E-state index in [1.165, 1.54) is 11.1 Å². The highest BCUT2D eigenvalue weighted by Crippen LogP contribution is 2.47. The fourth-order valence-corrected chi connectivity index (χ4v) is 5.96. The molecule has 2 aromatic heterocycles. The van der Waals surface area contributed by atoms with Crippen molar-refractivity contribution in [2.45, 2.75) is 0 Å². The lowest BCUT2D eigenvalue weighted by Crippen LogP contribution is -2.11. The Labute approximate surface area is 243 Å². The van der Waals surface area contributed by atoms with E-state index >= 15 is 0 Å². The van der Waals surface area contributed by atoms with Crippen molar-refractivity contribution in [3.8, 4) is 22.3 Å². The van der Waals surface area contributed by atoms with Gasteiger partial charge in [-0.15, -0.1) is 0 Å². The molecule has 0 saturated carbocycles. The van der Waals surface area contributed by atoms with E-state index in [1.807, 2.05) is 24.5 Å². The predicted molar refractivity (Wildman–Crippen MR) is 175 cm³/mol. The van der Waals surface area contributed by atoms with Crippen LogP contribution in [0.25, 0.3) is 55.0 Å². The lowest BCUT2D eigenvalue weighted by Gasteiger charge is -2.28. The van der Waals surface area contributed by atoms with Crippen LogP contribution in [0.1, 0.15) is 0 Å². The molecule has 0 spiro atoms. The van der Waals surface area contributed by atoms with Gasteiger partial charge in [0.25, 0.3) is 0 Å². The maximum Gasteiger partial charge on any atom is 0.138 e. The molecule has 0 aliphatic heterocycles. The number of pyridine rings is 1. The number of hydrogen-bond donors (Lipinski definition) is 0. The Morgan fingerprint density at radius 2 is 1.07 bits per heavy atom. The van der Waals surface area contributed by atoms with Crippen LogP contribution in [-0.2, 0) is 0 Å². The SMILES string of the molecule is c1ccc(-c2cccc(N(c3cccc(-c4ccccc4)c3)c3c4cnccc4cc4oc5ccccc5c34)c2)cc1. The third kappa shape index (κ3) is 4.11. The summed E-state index contributed by atoms with van der Waals surface area (Å²) in [4.78, 5) is 6.96. The molecule has 0 saturated heterocycles. The molecule has 0 bridgehead atoms. The van der Waals surface area contributed by atoms with Gasteiger partial charge in [-0.2, -0.15) is 0 Å². The molecule has 0 aliphatic rings. The highest BCUT2D eigenvalue weighted by Gasteiger charge is 2.23. The number of fused-ring (bicyclic) bond motifs is 4. The highest BCUT2D eigenvalue weighted by atomic mass is 16.3. The Hall–Kier alpha value is -5.67. The fraction of sp³-hybridized carbons (Fsp3) is 0. The summed E-state index contributed by atoms with van der Waals surface area (Å²) >= 11 is 0. The number of benzene rings is 6. The van der Waals surface area contributed by atoms with E-state index in [-0.39, 0.29) is 0 Å². The van der Waals surface area contributed by atoms with E-state index < -0.39 is 0 Å². The molecule has 3 nitrogen and oxygen atoms in total. The minimum Gasteiger partial charge on any atom is -0.456 e. The average molecular weight is 539 g/mol. The Morgan fingerprint density at radius 1 is 0.476 bits per heavy atom. The number of furan rings is 1. The first-order chi connectivity index (χ1) is 20.8. The topological polar surface area (TPSA) is 29.3 Å². The lowest BCUT2D eigenvalue weighted by molar-refractivity contribution is 0.669. The number of aromatic nitrogens is 1. The average Bonchev–Trinajstić information content (AvgIpc) is 3.44. The van der Waals surface area contributed by atoms with Gasteiger partial charge in [-0.1, -0.05) is 103 Å². The van der Waals surface area contributed by atoms with Gasteiger partial charge in [-0.3, -0.25) is 4.98 Å². The van der Waals surface area contributed by atoms with Crippen LogP contribution in [0.5, 0.6) is 0 Å². The smallest absolute Gasteiger partial charge is 0.138 e. The largest absolute Gasteiger partial charge is 0.456 e. The molecule has 2 heterocycles. The number of hydrogen-bond acceptors (Lipinski definition) is 3. The minimum absolute atomic E-state index is 0.855. The Morgan fingerprint density at radius 3 is 1.74 bits per heavy atom. The van der Waals surface area contributed by atoms with Crippen molar-refractivity contribution in [3.63, 3.8) is 0 Å². The number of para-hydroxylation sites is 1. The van der Waals surface area contributed by atoms with E-state index in [9.17, 15) is 0 Å². The number of rotatable bonds is 5. The molecule has 0 aliphatic carbocycles. The van der Waals surface area contributed by atoms with Crippen LogP contribution >= 0.6 is 0 Å².